The fourth-order valence-corrected chi connectivity index (χ4v) is 5.83. The third-order valence-electron chi connectivity index (χ3n) is 6.75. The lowest BCUT2D eigenvalue weighted by molar-refractivity contribution is -0.175. The first kappa shape index (κ1) is 33.1. The van der Waals surface area contributed by atoms with E-state index in [1.807, 2.05) is 6.92 Å². The van der Waals surface area contributed by atoms with Crippen molar-refractivity contribution in [1.82, 2.24) is 4.83 Å². The molecule has 0 unspecified atom stereocenters. The molecule has 0 bridgehead atoms. The van der Waals surface area contributed by atoms with Gasteiger partial charge in [-0.1, -0.05) is 29.8 Å². The van der Waals surface area contributed by atoms with Crippen LogP contribution in [0.4, 0.5) is 0 Å². The molecule has 0 amide bonds. The molecule has 2 N–H and O–H groups in total. The van der Waals surface area contributed by atoms with Gasteiger partial charge in [0.05, 0.1) is 29.2 Å². The van der Waals surface area contributed by atoms with Crippen molar-refractivity contribution in [2.45, 2.75) is 89.4 Å². The number of sulfonamides is 1. The van der Waals surface area contributed by atoms with Crippen LogP contribution in [-0.2, 0) is 29.1 Å². The van der Waals surface area contributed by atoms with Crippen molar-refractivity contribution in [2.75, 3.05) is 7.11 Å². The van der Waals surface area contributed by atoms with E-state index in [0.717, 1.165) is 5.56 Å². The maximum absolute atomic E-state index is 13.9. The highest BCUT2D eigenvalue weighted by Crippen LogP contribution is 2.48. The maximum Gasteiger partial charge on any atom is 0.315 e. The summed E-state index contributed by atoms with van der Waals surface area (Å²) in [5.74, 6) is -4.37. The van der Waals surface area contributed by atoms with Gasteiger partial charge in [-0.05, 0) is 85.2 Å². The molecule has 4 atom stereocenters. The van der Waals surface area contributed by atoms with Gasteiger partial charge in [0, 0.05) is 12.3 Å². The molecule has 0 spiro atoms. The van der Waals surface area contributed by atoms with E-state index in [0.29, 0.717) is 11.3 Å². The molecule has 230 valence electrons. The highest BCUT2D eigenvalue weighted by molar-refractivity contribution is 7.89. The monoisotopic (exact) mass is 602 g/mol. The molecule has 1 fully saturated rings. The number of carbonyl (C=O) groups excluding carboxylic acids is 2. The number of carbonyl (C=O) groups is 2. The summed E-state index contributed by atoms with van der Waals surface area (Å²) in [5.41, 5.74) is -2.15. The first-order valence-corrected chi connectivity index (χ1v) is 15.2. The van der Waals surface area contributed by atoms with Crippen molar-refractivity contribution >= 4 is 27.7 Å². The lowest BCUT2D eigenvalue weighted by Crippen LogP contribution is -2.56. The Kier molecular flexibility index (Phi) is 9.48. The Morgan fingerprint density at radius 1 is 0.929 bits per heavy atom. The fourth-order valence-electron chi connectivity index (χ4n) is 5.00. The van der Waals surface area contributed by atoms with Crippen molar-refractivity contribution in [1.29, 1.82) is 0 Å². The van der Waals surface area contributed by atoms with Crippen LogP contribution < -0.4 is 9.57 Å². The molecule has 0 heterocycles. The van der Waals surface area contributed by atoms with Crippen LogP contribution in [0, 0.1) is 18.8 Å². The van der Waals surface area contributed by atoms with E-state index in [1.165, 1.54) is 26.2 Å². The number of aryl methyl sites for hydroxylation is 1. The van der Waals surface area contributed by atoms with Gasteiger partial charge in [0.2, 0.25) is 0 Å². The molecule has 2 aromatic carbocycles. The summed E-state index contributed by atoms with van der Waals surface area (Å²) in [4.78, 5) is 29.8. The third-order valence-corrected chi connectivity index (χ3v) is 7.97. The van der Waals surface area contributed by atoms with Crippen LogP contribution in [-0.4, -0.2) is 55.1 Å². The number of methoxy groups -OCH3 is 1. The minimum absolute atomic E-state index is 0.0190. The molecule has 11 heteroatoms. The molecule has 3 rings (SSSR count). The molecular formula is C31H42N2O8S. The van der Waals surface area contributed by atoms with Crippen LogP contribution >= 0.6 is 0 Å². The second-order valence-electron chi connectivity index (χ2n) is 12.9. The van der Waals surface area contributed by atoms with Gasteiger partial charge in [-0.25, -0.2) is 4.83 Å². The van der Waals surface area contributed by atoms with E-state index >= 15 is 0 Å². The van der Waals surface area contributed by atoms with Crippen molar-refractivity contribution < 1.29 is 37.3 Å². The Labute approximate surface area is 248 Å². The van der Waals surface area contributed by atoms with Gasteiger partial charge in [-0.15, -0.1) is 0 Å². The lowest BCUT2D eigenvalue weighted by Gasteiger charge is -2.46. The summed E-state index contributed by atoms with van der Waals surface area (Å²) in [6.45, 7) is 13.5. The molecule has 1 aliphatic rings. The Balaban J connectivity index is 2.22. The first-order chi connectivity index (χ1) is 19.2. The number of aliphatic hydroxyl groups is 1. The van der Waals surface area contributed by atoms with Gasteiger partial charge in [0.25, 0.3) is 10.0 Å². The van der Waals surface area contributed by atoms with Crippen LogP contribution in [0.5, 0.6) is 5.75 Å². The Morgan fingerprint density at radius 2 is 1.45 bits per heavy atom. The van der Waals surface area contributed by atoms with E-state index in [2.05, 4.69) is 9.93 Å². The Bertz CT molecular complexity index is 1420. The SMILES string of the molecule is COc1ccc([C@@H]2[C@H](C(=O)OC(C)(C)C)/C(=N\NS(=O)(=O)c3ccc(C)cc3)C[C@@](C)(O)[C@@H]2C(=O)OC(C)(C)C)cc1. The number of hydrogen-bond donors (Lipinski definition) is 2. The second kappa shape index (κ2) is 12.0. The minimum Gasteiger partial charge on any atom is -0.497 e. The number of hydrogen-bond acceptors (Lipinski definition) is 9. The van der Waals surface area contributed by atoms with Gasteiger partial charge in [-0.3, -0.25) is 9.59 Å². The number of hydrazone groups is 1. The number of benzene rings is 2. The van der Waals surface area contributed by atoms with Crippen LogP contribution in [0.2, 0.25) is 0 Å². The van der Waals surface area contributed by atoms with E-state index in [9.17, 15) is 23.1 Å². The standard InChI is InChI=1S/C31H42N2O8S/c1-19-10-16-22(17-11-19)42(37,38)33-32-23-18-31(8,36)26(28(35)41-30(5,6)7)24(20-12-14-21(39-9)15-13-20)25(23)27(34)40-29(2,3)4/h10-17,24-26,33,36H,18H2,1-9H3/b32-23-/t24-,25-,26+,31-/m1/s1. The molecule has 1 aliphatic carbocycles. The van der Waals surface area contributed by atoms with Crippen molar-refractivity contribution in [3.8, 4) is 5.75 Å². The molecule has 0 radical (unpaired) electrons. The smallest absolute Gasteiger partial charge is 0.315 e. The third kappa shape index (κ3) is 8.10. The van der Waals surface area contributed by atoms with E-state index in [1.54, 1.807) is 77.9 Å². The van der Waals surface area contributed by atoms with Crippen molar-refractivity contribution in [2.24, 2.45) is 16.9 Å². The first-order valence-electron chi connectivity index (χ1n) is 13.7. The molecule has 0 saturated heterocycles. The van der Waals surface area contributed by atoms with Crippen molar-refractivity contribution in [3.63, 3.8) is 0 Å². The Morgan fingerprint density at radius 3 is 1.95 bits per heavy atom. The summed E-state index contributed by atoms with van der Waals surface area (Å²) < 4.78 is 43.0. The summed E-state index contributed by atoms with van der Waals surface area (Å²) >= 11 is 0. The minimum atomic E-state index is -4.12. The predicted octanol–water partition coefficient (Wildman–Crippen LogP) is 4.49. The van der Waals surface area contributed by atoms with Crippen molar-refractivity contribution in [3.05, 3.63) is 59.7 Å². The molecule has 2 aromatic rings. The highest BCUT2D eigenvalue weighted by Gasteiger charge is 2.57. The van der Waals surface area contributed by atoms with Crippen LogP contribution in [0.1, 0.15) is 71.9 Å². The van der Waals surface area contributed by atoms with E-state index in [-0.39, 0.29) is 17.0 Å². The fraction of sp³-hybridized carbons (Fsp3) is 0.516. The molecular weight excluding hydrogens is 560 g/mol. The average molecular weight is 603 g/mol. The van der Waals surface area contributed by atoms with E-state index in [4.69, 9.17) is 14.2 Å². The lowest BCUT2D eigenvalue weighted by atomic mass is 9.61. The zero-order chi connectivity index (χ0) is 31.7. The molecule has 0 aliphatic heterocycles. The number of ether oxygens (including phenoxy) is 3. The zero-order valence-corrected chi connectivity index (χ0v) is 26.5. The van der Waals surface area contributed by atoms with Crippen LogP contribution in [0.25, 0.3) is 0 Å². The van der Waals surface area contributed by atoms with E-state index < -0.39 is 56.5 Å². The second-order valence-corrected chi connectivity index (χ2v) is 14.5. The van der Waals surface area contributed by atoms with Crippen LogP contribution in [0.3, 0.4) is 0 Å². The number of nitrogens with one attached hydrogen (secondary N) is 1. The van der Waals surface area contributed by atoms with Gasteiger partial charge in [-0.2, -0.15) is 13.5 Å². The topological polar surface area (TPSA) is 141 Å². The molecule has 0 aromatic heterocycles. The van der Waals surface area contributed by atoms with Gasteiger partial charge in [0.1, 0.15) is 22.9 Å². The maximum atomic E-state index is 13.9. The summed E-state index contributed by atoms with van der Waals surface area (Å²) in [5, 5.41) is 16.0. The predicted molar refractivity (Wildman–Crippen MR) is 159 cm³/mol. The molecule has 42 heavy (non-hydrogen) atoms. The molecule has 10 nitrogen and oxygen atoms in total. The summed E-state index contributed by atoms with van der Waals surface area (Å²) in [6.07, 6.45) is -0.302. The average Bonchev–Trinajstić information content (AvgIpc) is 2.84. The normalized spacial score (nSPS) is 24.1. The quantitative estimate of drug-likeness (QED) is 0.349. The zero-order valence-electron chi connectivity index (χ0n) is 25.7. The summed E-state index contributed by atoms with van der Waals surface area (Å²) in [7, 11) is -2.61. The summed E-state index contributed by atoms with van der Waals surface area (Å²) in [6, 6.07) is 12.9. The Hall–Kier alpha value is -3.44. The number of esters is 2. The molecule has 1 saturated carbocycles. The van der Waals surface area contributed by atoms with Gasteiger partial charge >= 0.3 is 11.9 Å². The number of rotatable bonds is 7. The largest absolute Gasteiger partial charge is 0.497 e. The highest BCUT2D eigenvalue weighted by atomic mass is 32.2. The number of nitrogens with zero attached hydrogens (tertiary/aromatic N) is 1. The van der Waals surface area contributed by atoms with Crippen LogP contribution in [0.15, 0.2) is 58.5 Å². The van der Waals surface area contributed by atoms with Gasteiger partial charge < -0.3 is 19.3 Å². The van der Waals surface area contributed by atoms with Gasteiger partial charge in [0.15, 0.2) is 0 Å².